The molecule has 1 N–H and O–H groups in total. The second-order valence-electron chi connectivity index (χ2n) is 4.67. The van der Waals surface area contributed by atoms with Crippen molar-refractivity contribution in [2.75, 3.05) is 5.32 Å². The third-order valence-electron chi connectivity index (χ3n) is 3.32. The van der Waals surface area contributed by atoms with Gasteiger partial charge in [0.25, 0.3) is 5.69 Å². The smallest absolute Gasteiger partial charge is 0.292 e. The van der Waals surface area contributed by atoms with Gasteiger partial charge in [0.05, 0.1) is 11.5 Å². The van der Waals surface area contributed by atoms with Gasteiger partial charge in [-0.05, 0) is 43.2 Å². The second-order valence-corrected chi connectivity index (χ2v) is 4.67. The lowest BCUT2D eigenvalue weighted by atomic mass is 10.1. The maximum atomic E-state index is 11.1. The molecule has 100 valence electrons. The number of nitro groups is 1. The normalized spacial score (nSPS) is 10.5. The number of aromatic nitrogens is 1. The molecule has 0 amide bonds. The third kappa shape index (κ3) is 2.76. The lowest BCUT2D eigenvalue weighted by molar-refractivity contribution is -0.384. The van der Waals surface area contributed by atoms with Crippen molar-refractivity contribution in [2.45, 2.75) is 20.4 Å². The Hall–Kier alpha value is -2.30. The Morgan fingerprint density at radius 3 is 2.58 bits per heavy atom. The van der Waals surface area contributed by atoms with E-state index in [1.165, 1.54) is 0 Å². The van der Waals surface area contributed by atoms with Gasteiger partial charge in [0.1, 0.15) is 5.69 Å². The van der Waals surface area contributed by atoms with Crippen LogP contribution in [0.5, 0.6) is 0 Å². The Morgan fingerprint density at radius 1 is 1.32 bits per heavy atom. The molecule has 0 saturated heterocycles. The topological polar surface area (TPSA) is 60.1 Å². The zero-order chi connectivity index (χ0) is 14.0. The number of anilines is 1. The number of hydrogen-bond acceptors (Lipinski definition) is 3. The van der Waals surface area contributed by atoms with E-state index in [0.717, 1.165) is 16.8 Å². The molecule has 5 heteroatoms. The van der Waals surface area contributed by atoms with E-state index < -0.39 is 0 Å². The Balaban J connectivity index is 2.26. The summed E-state index contributed by atoms with van der Waals surface area (Å²) >= 11 is 0. The standard InChI is InChI=1S/C14H17N3O2/c1-10-7-13(14(17(18)19)8-11(10)2)15-9-12-5-4-6-16(12)3/h4-8,15H,9H2,1-3H3. The Kier molecular flexibility index (Phi) is 3.55. The van der Waals surface area contributed by atoms with E-state index in [4.69, 9.17) is 0 Å². The summed E-state index contributed by atoms with van der Waals surface area (Å²) in [4.78, 5) is 10.7. The minimum atomic E-state index is -0.347. The van der Waals surface area contributed by atoms with E-state index in [1.54, 1.807) is 6.07 Å². The van der Waals surface area contributed by atoms with Crippen LogP contribution in [0.2, 0.25) is 0 Å². The highest BCUT2D eigenvalue weighted by Crippen LogP contribution is 2.28. The van der Waals surface area contributed by atoms with Gasteiger partial charge in [0, 0.05) is 25.0 Å². The molecule has 2 rings (SSSR count). The van der Waals surface area contributed by atoms with Crippen molar-refractivity contribution in [1.29, 1.82) is 0 Å². The van der Waals surface area contributed by atoms with Crippen molar-refractivity contribution < 1.29 is 4.92 Å². The molecule has 1 aromatic carbocycles. The van der Waals surface area contributed by atoms with Gasteiger partial charge in [-0.15, -0.1) is 0 Å². The highest BCUT2D eigenvalue weighted by atomic mass is 16.6. The van der Waals surface area contributed by atoms with Gasteiger partial charge in [0.15, 0.2) is 0 Å². The number of rotatable bonds is 4. The predicted octanol–water partition coefficient (Wildman–Crippen LogP) is 3.16. The first-order chi connectivity index (χ1) is 8.99. The maximum absolute atomic E-state index is 11.1. The van der Waals surface area contributed by atoms with E-state index in [-0.39, 0.29) is 10.6 Å². The zero-order valence-electron chi connectivity index (χ0n) is 11.3. The molecule has 0 aliphatic heterocycles. The summed E-state index contributed by atoms with van der Waals surface area (Å²) in [5.74, 6) is 0. The number of hydrogen-bond donors (Lipinski definition) is 1. The molecular formula is C14H17N3O2. The summed E-state index contributed by atoms with van der Waals surface area (Å²) < 4.78 is 1.99. The average Bonchev–Trinajstić information content (AvgIpc) is 2.75. The first-order valence-electron chi connectivity index (χ1n) is 6.08. The molecule has 0 aliphatic carbocycles. The predicted molar refractivity (Wildman–Crippen MR) is 75.3 cm³/mol. The number of benzene rings is 1. The number of nitro benzene ring substituents is 1. The Bertz CT molecular complexity index is 617. The summed E-state index contributed by atoms with van der Waals surface area (Å²) in [6.45, 7) is 4.39. The molecule has 5 nitrogen and oxygen atoms in total. The molecule has 0 atom stereocenters. The molecule has 1 heterocycles. The molecule has 0 saturated carbocycles. The molecule has 19 heavy (non-hydrogen) atoms. The van der Waals surface area contributed by atoms with E-state index >= 15 is 0 Å². The van der Waals surface area contributed by atoms with Crippen LogP contribution >= 0.6 is 0 Å². The van der Waals surface area contributed by atoms with E-state index in [9.17, 15) is 10.1 Å². The van der Waals surface area contributed by atoms with E-state index in [0.29, 0.717) is 12.2 Å². The van der Waals surface area contributed by atoms with Gasteiger partial charge in [0.2, 0.25) is 0 Å². The molecule has 0 unspecified atom stereocenters. The van der Waals surface area contributed by atoms with Crippen molar-refractivity contribution in [3.63, 3.8) is 0 Å². The van der Waals surface area contributed by atoms with Crippen molar-refractivity contribution in [1.82, 2.24) is 4.57 Å². The average molecular weight is 259 g/mol. The second kappa shape index (κ2) is 5.14. The SMILES string of the molecule is Cc1cc(NCc2cccn2C)c([N+](=O)[O-])cc1C. The van der Waals surface area contributed by atoms with Crippen LogP contribution in [-0.4, -0.2) is 9.49 Å². The molecule has 0 aliphatic rings. The van der Waals surface area contributed by atoms with Gasteiger partial charge in [-0.3, -0.25) is 10.1 Å². The highest BCUT2D eigenvalue weighted by molar-refractivity contribution is 5.64. The number of aryl methyl sites for hydroxylation is 3. The Labute approximate surface area is 112 Å². The fraction of sp³-hybridized carbons (Fsp3) is 0.286. The maximum Gasteiger partial charge on any atom is 0.292 e. The van der Waals surface area contributed by atoms with Gasteiger partial charge in [-0.1, -0.05) is 0 Å². The molecular weight excluding hydrogens is 242 g/mol. The lowest BCUT2D eigenvalue weighted by Crippen LogP contribution is -2.06. The summed E-state index contributed by atoms with van der Waals surface area (Å²) in [5, 5.41) is 14.2. The zero-order valence-corrected chi connectivity index (χ0v) is 11.3. The van der Waals surface area contributed by atoms with Crippen LogP contribution in [0, 0.1) is 24.0 Å². The van der Waals surface area contributed by atoms with Crippen molar-refractivity contribution in [3.05, 3.63) is 57.4 Å². The van der Waals surface area contributed by atoms with Gasteiger partial charge in [-0.25, -0.2) is 0 Å². The van der Waals surface area contributed by atoms with Crippen LogP contribution < -0.4 is 5.32 Å². The largest absolute Gasteiger partial charge is 0.374 e. The molecule has 0 bridgehead atoms. The first-order valence-corrected chi connectivity index (χ1v) is 6.08. The first kappa shape index (κ1) is 13.1. The van der Waals surface area contributed by atoms with Crippen LogP contribution in [-0.2, 0) is 13.6 Å². The highest BCUT2D eigenvalue weighted by Gasteiger charge is 2.15. The lowest BCUT2D eigenvalue weighted by Gasteiger charge is -2.10. The molecule has 0 radical (unpaired) electrons. The Morgan fingerprint density at radius 2 is 2.00 bits per heavy atom. The van der Waals surface area contributed by atoms with Crippen molar-refractivity contribution in [2.24, 2.45) is 7.05 Å². The van der Waals surface area contributed by atoms with Crippen LogP contribution in [0.25, 0.3) is 0 Å². The van der Waals surface area contributed by atoms with E-state index in [1.807, 2.05) is 49.9 Å². The molecule has 1 aromatic heterocycles. The van der Waals surface area contributed by atoms with Gasteiger partial charge < -0.3 is 9.88 Å². The molecule has 0 fully saturated rings. The minimum absolute atomic E-state index is 0.123. The van der Waals surface area contributed by atoms with Crippen LogP contribution in [0.4, 0.5) is 11.4 Å². The van der Waals surface area contributed by atoms with Crippen LogP contribution in [0.3, 0.4) is 0 Å². The van der Waals surface area contributed by atoms with Crippen molar-refractivity contribution in [3.8, 4) is 0 Å². The van der Waals surface area contributed by atoms with Crippen molar-refractivity contribution >= 4 is 11.4 Å². The van der Waals surface area contributed by atoms with Gasteiger partial charge >= 0.3 is 0 Å². The number of nitrogens with one attached hydrogen (secondary N) is 1. The number of nitrogens with zero attached hydrogens (tertiary/aromatic N) is 2. The monoisotopic (exact) mass is 259 g/mol. The third-order valence-corrected chi connectivity index (χ3v) is 3.32. The molecule has 0 spiro atoms. The quantitative estimate of drug-likeness (QED) is 0.677. The summed E-state index contributed by atoms with van der Waals surface area (Å²) in [5.41, 5.74) is 3.73. The fourth-order valence-electron chi connectivity index (χ4n) is 1.96. The van der Waals surface area contributed by atoms with Crippen LogP contribution in [0.15, 0.2) is 30.5 Å². The van der Waals surface area contributed by atoms with Gasteiger partial charge in [-0.2, -0.15) is 0 Å². The summed E-state index contributed by atoms with van der Waals surface area (Å²) in [6, 6.07) is 7.38. The summed E-state index contributed by atoms with van der Waals surface area (Å²) in [6.07, 6.45) is 1.95. The fourth-order valence-corrected chi connectivity index (χ4v) is 1.96. The molecule has 2 aromatic rings. The van der Waals surface area contributed by atoms with Crippen LogP contribution in [0.1, 0.15) is 16.8 Å². The minimum Gasteiger partial charge on any atom is -0.374 e. The van der Waals surface area contributed by atoms with E-state index in [2.05, 4.69) is 5.32 Å². The summed E-state index contributed by atoms with van der Waals surface area (Å²) in [7, 11) is 1.95.